The molecule has 0 unspecified atom stereocenters. The van der Waals surface area contributed by atoms with Crippen LogP contribution in [0.25, 0.3) is 0 Å². The number of nitrogens with zero attached hydrogens (tertiary/aromatic N) is 1. The molecular weight excluding hydrogens is 383 g/mol. The van der Waals surface area contributed by atoms with Gasteiger partial charge in [-0.2, -0.15) is 0 Å². The van der Waals surface area contributed by atoms with Crippen molar-refractivity contribution in [3.63, 3.8) is 0 Å². The third-order valence-corrected chi connectivity index (χ3v) is 4.78. The summed E-state index contributed by atoms with van der Waals surface area (Å²) < 4.78 is 0. The fraction of sp³-hybridized carbons (Fsp3) is 0.333. The summed E-state index contributed by atoms with van der Waals surface area (Å²) in [6, 6.07) is 14.0. The van der Waals surface area contributed by atoms with Gasteiger partial charge in [-0.3, -0.25) is 9.59 Å². The van der Waals surface area contributed by atoms with Crippen LogP contribution in [-0.4, -0.2) is 29.3 Å². The van der Waals surface area contributed by atoms with Gasteiger partial charge in [0.1, 0.15) is 6.04 Å². The van der Waals surface area contributed by atoms with Crippen LogP contribution in [0, 0.1) is 0 Å². The Balaban J connectivity index is 2.25. The van der Waals surface area contributed by atoms with E-state index in [1.807, 2.05) is 38.1 Å². The molecule has 2 aromatic rings. The predicted molar refractivity (Wildman–Crippen MR) is 110 cm³/mol. The summed E-state index contributed by atoms with van der Waals surface area (Å²) in [4.78, 5) is 27.2. The Morgan fingerprint density at radius 1 is 0.926 bits per heavy atom. The highest BCUT2D eigenvalue weighted by atomic mass is 35.5. The number of likely N-dealkylation sites (N-methyl/N-ethyl adjacent to an activating group) is 1. The number of nitrogens with one attached hydrogen (secondary N) is 1. The van der Waals surface area contributed by atoms with Gasteiger partial charge in [0.2, 0.25) is 11.8 Å². The number of carbonyl (C=O) groups is 2. The van der Waals surface area contributed by atoms with E-state index in [9.17, 15) is 9.59 Å². The van der Waals surface area contributed by atoms with Crippen molar-refractivity contribution in [2.45, 2.75) is 39.3 Å². The molecule has 0 spiro atoms. The molecular formula is C21H24Cl2N2O2. The molecule has 0 aliphatic carbocycles. The maximum Gasteiger partial charge on any atom is 0.242 e. The van der Waals surface area contributed by atoms with Crippen LogP contribution < -0.4 is 5.32 Å². The van der Waals surface area contributed by atoms with E-state index in [0.29, 0.717) is 29.6 Å². The average molecular weight is 407 g/mol. The first-order valence-electron chi connectivity index (χ1n) is 9.00. The number of amides is 2. The minimum absolute atomic E-state index is 0.106. The molecule has 144 valence electrons. The average Bonchev–Trinajstić information content (AvgIpc) is 2.65. The second-order valence-corrected chi connectivity index (χ2v) is 7.14. The standard InChI is InChI=1S/C21H24Cl2N2O2/c1-3-19(21(27)24-4-2)25(14-16-7-11-18(23)12-8-16)20(26)13-15-5-9-17(22)10-6-15/h5-12,19H,3-4,13-14H2,1-2H3,(H,24,27)/t19-/m1/s1. The summed E-state index contributed by atoms with van der Waals surface area (Å²) in [5.74, 6) is -0.246. The molecule has 2 rings (SSSR count). The number of rotatable bonds is 8. The highest BCUT2D eigenvalue weighted by Crippen LogP contribution is 2.17. The monoisotopic (exact) mass is 406 g/mol. The lowest BCUT2D eigenvalue weighted by atomic mass is 10.1. The van der Waals surface area contributed by atoms with Gasteiger partial charge in [-0.05, 0) is 48.7 Å². The Labute approximate surface area is 170 Å². The Hall–Kier alpha value is -2.04. The van der Waals surface area contributed by atoms with Gasteiger partial charge in [-0.1, -0.05) is 54.4 Å². The lowest BCUT2D eigenvalue weighted by molar-refractivity contribution is -0.140. The van der Waals surface area contributed by atoms with Crippen LogP contribution in [0.2, 0.25) is 10.0 Å². The number of hydrogen-bond donors (Lipinski definition) is 1. The van der Waals surface area contributed by atoms with E-state index in [-0.39, 0.29) is 18.2 Å². The zero-order chi connectivity index (χ0) is 19.8. The van der Waals surface area contributed by atoms with Crippen molar-refractivity contribution >= 4 is 35.0 Å². The van der Waals surface area contributed by atoms with Crippen molar-refractivity contribution in [2.24, 2.45) is 0 Å². The van der Waals surface area contributed by atoms with Crippen molar-refractivity contribution in [1.29, 1.82) is 0 Å². The molecule has 0 aliphatic rings. The summed E-state index contributed by atoms with van der Waals surface area (Å²) >= 11 is 11.9. The van der Waals surface area contributed by atoms with Crippen molar-refractivity contribution in [2.75, 3.05) is 6.54 Å². The molecule has 0 heterocycles. The second-order valence-electron chi connectivity index (χ2n) is 6.27. The van der Waals surface area contributed by atoms with Gasteiger partial charge in [0.05, 0.1) is 6.42 Å². The number of halogens is 2. The smallest absolute Gasteiger partial charge is 0.242 e. The van der Waals surface area contributed by atoms with Gasteiger partial charge in [-0.15, -0.1) is 0 Å². The quantitative estimate of drug-likeness (QED) is 0.702. The topological polar surface area (TPSA) is 49.4 Å². The van der Waals surface area contributed by atoms with Crippen molar-refractivity contribution in [1.82, 2.24) is 10.2 Å². The third kappa shape index (κ3) is 6.26. The second kappa shape index (κ2) is 10.3. The SMILES string of the molecule is CCNC(=O)[C@@H](CC)N(Cc1ccc(Cl)cc1)C(=O)Cc1ccc(Cl)cc1. The molecule has 0 radical (unpaired) electrons. The Morgan fingerprint density at radius 2 is 1.44 bits per heavy atom. The number of benzene rings is 2. The van der Waals surface area contributed by atoms with Crippen molar-refractivity contribution < 1.29 is 9.59 Å². The van der Waals surface area contributed by atoms with Crippen LogP contribution >= 0.6 is 23.2 Å². The van der Waals surface area contributed by atoms with E-state index in [1.54, 1.807) is 29.2 Å². The summed E-state index contributed by atoms with van der Waals surface area (Å²) in [5.41, 5.74) is 1.78. The fourth-order valence-corrected chi connectivity index (χ4v) is 3.13. The lowest BCUT2D eigenvalue weighted by Gasteiger charge is -2.30. The molecule has 0 aliphatic heterocycles. The minimum atomic E-state index is -0.527. The Morgan fingerprint density at radius 3 is 1.93 bits per heavy atom. The summed E-state index contributed by atoms with van der Waals surface area (Å²) in [6.07, 6.45) is 0.743. The molecule has 0 saturated carbocycles. The molecule has 2 aromatic carbocycles. The first-order valence-corrected chi connectivity index (χ1v) is 9.76. The van der Waals surface area contributed by atoms with E-state index in [1.165, 1.54) is 0 Å². The van der Waals surface area contributed by atoms with E-state index in [4.69, 9.17) is 23.2 Å². The third-order valence-electron chi connectivity index (χ3n) is 4.27. The Bertz CT molecular complexity index is 761. The molecule has 0 fully saturated rings. The largest absolute Gasteiger partial charge is 0.355 e. The van der Waals surface area contributed by atoms with E-state index in [2.05, 4.69) is 5.32 Å². The van der Waals surface area contributed by atoms with Crippen LogP contribution in [0.15, 0.2) is 48.5 Å². The lowest BCUT2D eigenvalue weighted by Crippen LogP contribution is -2.49. The molecule has 2 amide bonds. The zero-order valence-electron chi connectivity index (χ0n) is 15.5. The highest BCUT2D eigenvalue weighted by molar-refractivity contribution is 6.30. The minimum Gasteiger partial charge on any atom is -0.355 e. The van der Waals surface area contributed by atoms with Crippen LogP contribution in [0.1, 0.15) is 31.4 Å². The van der Waals surface area contributed by atoms with Gasteiger partial charge in [0.15, 0.2) is 0 Å². The van der Waals surface area contributed by atoms with Gasteiger partial charge < -0.3 is 10.2 Å². The predicted octanol–water partition coefficient (Wildman–Crippen LogP) is 4.48. The first-order chi connectivity index (χ1) is 12.9. The summed E-state index contributed by atoms with van der Waals surface area (Å²) in [7, 11) is 0. The van der Waals surface area contributed by atoms with Crippen molar-refractivity contribution in [3.8, 4) is 0 Å². The highest BCUT2D eigenvalue weighted by Gasteiger charge is 2.28. The molecule has 1 atom stereocenters. The number of carbonyl (C=O) groups excluding carboxylic acids is 2. The zero-order valence-corrected chi connectivity index (χ0v) is 17.1. The summed E-state index contributed by atoms with van der Waals surface area (Å²) in [6.45, 7) is 4.64. The first kappa shape index (κ1) is 21.3. The maximum atomic E-state index is 13.1. The molecule has 6 heteroatoms. The molecule has 1 N–H and O–H groups in total. The van der Waals surface area contributed by atoms with Crippen LogP contribution in [0.3, 0.4) is 0 Å². The van der Waals surface area contributed by atoms with E-state index in [0.717, 1.165) is 11.1 Å². The molecule has 0 saturated heterocycles. The van der Waals surface area contributed by atoms with Crippen LogP contribution in [0.5, 0.6) is 0 Å². The van der Waals surface area contributed by atoms with Crippen molar-refractivity contribution in [3.05, 3.63) is 69.7 Å². The molecule has 27 heavy (non-hydrogen) atoms. The molecule has 0 aromatic heterocycles. The van der Waals surface area contributed by atoms with Gasteiger partial charge in [0.25, 0.3) is 0 Å². The van der Waals surface area contributed by atoms with Crippen LogP contribution in [0.4, 0.5) is 0 Å². The van der Waals surface area contributed by atoms with Gasteiger partial charge in [0, 0.05) is 23.1 Å². The van der Waals surface area contributed by atoms with E-state index >= 15 is 0 Å². The maximum absolute atomic E-state index is 13.1. The number of hydrogen-bond acceptors (Lipinski definition) is 2. The van der Waals surface area contributed by atoms with Gasteiger partial charge >= 0.3 is 0 Å². The normalized spacial score (nSPS) is 11.7. The molecule has 0 bridgehead atoms. The molecule has 4 nitrogen and oxygen atoms in total. The van der Waals surface area contributed by atoms with Gasteiger partial charge in [-0.25, -0.2) is 0 Å². The fourth-order valence-electron chi connectivity index (χ4n) is 2.88. The van der Waals surface area contributed by atoms with E-state index < -0.39 is 6.04 Å². The summed E-state index contributed by atoms with van der Waals surface area (Å²) in [5, 5.41) is 4.08. The van der Waals surface area contributed by atoms with Crippen LogP contribution in [-0.2, 0) is 22.6 Å². The Kier molecular flexibility index (Phi) is 8.14.